The maximum atomic E-state index is 5.82. The van der Waals surface area contributed by atoms with E-state index in [9.17, 15) is 0 Å². The first kappa shape index (κ1) is 12.9. The van der Waals surface area contributed by atoms with Crippen LogP contribution < -0.4 is 9.47 Å². The summed E-state index contributed by atoms with van der Waals surface area (Å²) in [5.41, 5.74) is 0.832. The highest BCUT2D eigenvalue weighted by Crippen LogP contribution is 2.40. The van der Waals surface area contributed by atoms with Crippen LogP contribution in [0.5, 0.6) is 17.4 Å². The summed E-state index contributed by atoms with van der Waals surface area (Å²) in [5, 5.41) is 0.947. The lowest BCUT2D eigenvalue weighted by Crippen LogP contribution is -1.94. The monoisotopic (exact) mass is 329 g/mol. The molecule has 0 bridgehead atoms. The van der Waals surface area contributed by atoms with E-state index < -0.39 is 0 Å². The summed E-state index contributed by atoms with van der Waals surface area (Å²) in [5.74, 6) is 1.95. The van der Waals surface area contributed by atoms with E-state index in [1.165, 1.54) is 0 Å². The maximum Gasteiger partial charge on any atom is 0.238 e. The summed E-state index contributed by atoms with van der Waals surface area (Å²) in [6.07, 6.45) is 0. The Hall–Kier alpha value is -2.07. The van der Waals surface area contributed by atoms with Gasteiger partial charge in [-0.25, -0.2) is 4.98 Å². The molecule has 4 heteroatoms. The Labute approximate surface area is 125 Å². The van der Waals surface area contributed by atoms with Crippen molar-refractivity contribution in [3.63, 3.8) is 0 Å². The van der Waals surface area contributed by atoms with Crippen molar-refractivity contribution >= 4 is 26.8 Å². The third-order valence-corrected chi connectivity index (χ3v) is 3.62. The molecule has 3 aromatic rings. The van der Waals surface area contributed by atoms with Crippen molar-refractivity contribution < 1.29 is 9.47 Å². The normalized spacial score (nSPS) is 10.5. The first-order valence-electron chi connectivity index (χ1n) is 6.14. The highest BCUT2D eigenvalue weighted by atomic mass is 79.9. The molecule has 2 aromatic carbocycles. The van der Waals surface area contributed by atoms with Crippen molar-refractivity contribution in [2.45, 2.75) is 0 Å². The van der Waals surface area contributed by atoms with Crippen molar-refractivity contribution in [1.82, 2.24) is 4.98 Å². The topological polar surface area (TPSA) is 31.4 Å². The number of aromatic nitrogens is 1. The number of nitrogens with zero attached hydrogens (tertiary/aromatic N) is 1. The van der Waals surface area contributed by atoms with Gasteiger partial charge in [0.25, 0.3) is 0 Å². The van der Waals surface area contributed by atoms with Gasteiger partial charge in [0.2, 0.25) is 5.88 Å². The van der Waals surface area contributed by atoms with Crippen LogP contribution in [-0.4, -0.2) is 12.1 Å². The molecular weight excluding hydrogens is 318 g/mol. The third kappa shape index (κ3) is 2.34. The molecule has 0 saturated heterocycles. The van der Waals surface area contributed by atoms with Gasteiger partial charge in [0, 0.05) is 5.39 Å². The smallest absolute Gasteiger partial charge is 0.238 e. The number of methoxy groups -OCH3 is 1. The largest absolute Gasteiger partial charge is 0.495 e. The first-order valence-corrected chi connectivity index (χ1v) is 6.94. The summed E-state index contributed by atoms with van der Waals surface area (Å²) in [6, 6.07) is 17.3. The number of rotatable bonds is 3. The van der Waals surface area contributed by atoms with Crippen LogP contribution in [0, 0.1) is 0 Å². The Morgan fingerprint density at radius 2 is 1.65 bits per heavy atom. The molecule has 0 aliphatic heterocycles. The van der Waals surface area contributed by atoms with E-state index in [0.29, 0.717) is 10.4 Å². The number of halogens is 1. The lowest BCUT2D eigenvalue weighted by Gasteiger charge is -2.12. The molecule has 0 atom stereocenters. The molecule has 0 radical (unpaired) electrons. The second kappa shape index (κ2) is 5.51. The van der Waals surface area contributed by atoms with Gasteiger partial charge in [-0.3, -0.25) is 0 Å². The highest BCUT2D eigenvalue weighted by Gasteiger charge is 2.15. The van der Waals surface area contributed by atoms with Crippen molar-refractivity contribution in [3.8, 4) is 17.4 Å². The van der Waals surface area contributed by atoms with Crippen LogP contribution in [0.1, 0.15) is 0 Å². The highest BCUT2D eigenvalue weighted by molar-refractivity contribution is 9.10. The van der Waals surface area contributed by atoms with E-state index >= 15 is 0 Å². The number of fused-ring (bicyclic) bond motifs is 1. The minimum absolute atomic E-state index is 0.492. The molecule has 0 fully saturated rings. The van der Waals surface area contributed by atoms with E-state index in [-0.39, 0.29) is 0 Å². The molecule has 1 heterocycles. The van der Waals surface area contributed by atoms with Crippen molar-refractivity contribution in [1.29, 1.82) is 0 Å². The zero-order valence-corrected chi connectivity index (χ0v) is 12.4. The van der Waals surface area contributed by atoms with E-state index in [4.69, 9.17) is 9.47 Å². The van der Waals surface area contributed by atoms with Crippen LogP contribution >= 0.6 is 15.9 Å². The standard InChI is InChI=1S/C16H12BrNO2/c1-19-15-12-9-5-6-10-13(12)18-16(14(15)17)20-11-7-3-2-4-8-11/h2-10H,1H3. The van der Waals surface area contributed by atoms with Crippen LogP contribution in [0.4, 0.5) is 0 Å². The number of ether oxygens (including phenoxy) is 2. The molecule has 0 aliphatic rings. The van der Waals surface area contributed by atoms with Crippen molar-refractivity contribution in [2.75, 3.05) is 7.11 Å². The van der Waals surface area contributed by atoms with Crippen molar-refractivity contribution in [2.24, 2.45) is 0 Å². The molecule has 0 aliphatic carbocycles. The number of pyridine rings is 1. The second-order valence-electron chi connectivity index (χ2n) is 4.20. The SMILES string of the molecule is COc1c(Br)c(Oc2ccccc2)nc2ccccc12. The number of hydrogen-bond acceptors (Lipinski definition) is 3. The molecule has 20 heavy (non-hydrogen) atoms. The van der Waals surface area contributed by atoms with Gasteiger partial charge < -0.3 is 9.47 Å². The van der Waals surface area contributed by atoms with Crippen LogP contribution in [-0.2, 0) is 0 Å². The molecule has 3 rings (SSSR count). The number of benzene rings is 2. The Balaban J connectivity index is 2.14. The fourth-order valence-corrected chi connectivity index (χ4v) is 2.55. The van der Waals surface area contributed by atoms with Gasteiger partial charge in [0.05, 0.1) is 12.6 Å². The van der Waals surface area contributed by atoms with Gasteiger partial charge in [0.1, 0.15) is 16.0 Å². The van der Waals surface area contributed by atoms with Crippen LogP contribution in [0.2, 0.25) is 0 Å². The van der Waals surface area contributed by atoms with Crippen LogP contribution in [0.25, 0.3) is 10.9 Å². The predicted molar refractivity (Wildman–Crippen MR) is 82.5 cm³/mol. The van der Waals surface area contributed by atoms with Gasteiger partial charge in [-0.2, -0.15) is 0 Å². The van der Waals surface area contributed by atoms with Crippen molar-refractivity contribution in [3.05, 3.63) is 59.1 Å². The molecule has 1 aromatic heterocycles. The summed E-state index contributed by atoms with van der Waals surface area (Å²) in [6.45, 7) is 0. The number of para-hydroxylation sites is 2. The minimum Gasteiger partial charge on any atom is -0.495 e. The van der Waals surface area contributed by atoms with Gasteiger partial charge in [0.15, 0.2) is 0 Å². The summed E-state index contributed by atoms with van der Waals surface area (Å²) in [7, 11) is 1.64. The molecule has 0 unspecified atom stereocenters. The Kier molecular flexibility index (Phi) is 3.56. The predicted octanol–water partition coefficient (Wildman–Crippen LogP) is 4.80. The van der Waals surface area contributed by atoms with E-state index in [2.05, 4.69) is 20.9 Å². The average Bonchev–Trinajstić information content (AvgIpc) is 2.49. The number of hydrogen-bond donors (Lipinski definition) is 0. The minimum atomic E-state index is 0.492. The molecule has 0 amide bonds. The zero-order valence-electron chi connectivity index (χ0n) is 10.8. The quantitative estimate of drug-likeness (QED) is 0.691. The van der Waals surface area contributed by atoms with E-state index in [1.807, 2.05) is 54.6 Å². The molecule has 0 spiro atoms. The molecule has 100 valence electrons. The average molecular weight is 330 g/mol. The fraction of sp³-hybridized carbons (Fsp3) is 0.0625. The molecule has 0 saturated carbocycles. The van der Waals surface area contributed by atoms with Gasteiger partial charge in [-0.1, -0.05) is 30.3 Å². The second-order valence-corrected chi connectivity index (χ2v) is 4.99. The van der Waals surface area contributed by atoms with E-state index in [1.54, 1.807) is 7.11 Å². The van der Waals surface area contributed by atoms with Gasteiger partial charge >= 0.3 is 0 Å². The zero-order chi connectivity index (χ0) is 13.9. The molecule has 0 N–H and O–H groups in total. The van der Waals surface area contributed by atoms with Gasteiger partial charge in [-0.15, -0.1) is 0 Å². The summed E-state index contributed by atoms with van der Waals surface area (Å²) >= 11 is 3.51. The first-order chi connectivity index (χ1) is 9.79. The molecule has 3 nitrogen and oxygen atoms in total. The lowest BCUT2D eigenvalue weighted by atomic mass is 10.2. The fourth-order valence-electron chi connectivity index (χ4n) is 2.00. The van der Waals surface area contributed by atoms with Gasteiger partial charge in [-0.05, 0) is 40.2 Å². The molecular formula is C16H12BrNO2. The summed E-state index contributed by atoms with van der Waals surface area (Å²) in [4.78, 5) is 4.53. The summed E-state index contributed by atoms with van der Waals surface area (Å²) < 4.78 is 12.0. The van der Waals surface area contributed by atoms with E-state index in [0.717, 1.165) is 22.4 Å². The Morgan fingerprint density at radius 1 is 0.950 bits per heavy atom. The van der Waals surface area contributed by atoms with Crippen LogP contribution in [0.3, 0.4) is 0 Å². The maximum absolute atomic E-state index is 5.82. The lowest BCUT2D eigenvalue weighted by molar-refractivity contribution is 0.406. The third-order valence-electron chi connectivity index (χ3n) is 2.92. The Morgan fingerprint density at radius 3 is 2.40 bits per heavy atom. The Bertz CT molecular complexity index is 744. The van der Waals surface area contributed by atoms with Crippen LogP contribution in [0.15, 0.2) is 59.1 Å².